The van der Waals surface area contributed by atoms with E-state index >= 15 is 0 Å². The molecule has 0 unspecified atom stereocenters. The first kappa shape index (κ1) is 18.7. The lowest BCUT2D eigenvalue weighted by molar-refractivity contribution is -0.115. The molecule has 0 saturated carbocycles. The Kier molecular flexibility index (Phi) is 4.76. The normalized spacial score (nSPS) is 12.0. The molecule has 1 aliphatic rings. The predicted molar refractivity (Wildman–Crippen MR) is 116 cm³/mol. The smallest absolute Gasteiger partial charge is 0.293 e. The van der Waals surface area contributed by atoms with E-state index in [2.05, 4.69) is 10.6 Å². The summed E-state index contributed by atoms with van der Waals surface area (Å²) in [6.45, 7) is 0.147. The molecule has 0 bridgehead atoms. The molecule has 1 aromatic heterocycles. The van der Waals surface area contributed by atoms with Crippen LogP contribution in [-0.4, -0.2) is 18.6 Å². The van der Waals surface area contributed by atoms with Gasteiger partial charge in [-0.1, -0.05) is 42.5 Å². The largest absolute Gasteiger partial charge is 0.454 e. The van der Waals surface area contributed by atoms with Gasteiger partial charge in [-0.05, 0) is 29.8 Å². The van der Waals surface area contributed by atoms with E-state index in [0.29, 0.717) is 33.8 Å². The summed E-state index contributed by atoms with van der Waals surface area (Å²) in [6.07, 6.45) is 0.184. The molecular weight excluding hydrogens is 396 g/mol. The number of ether oxygens (including phenoxy) is 2. The van der Waals surface area contributed by atoms with Crippen molar-refractivity contribution >= 4 is 34.2 Å². The summed E-state index contributed by atoms with van der Waals surface area (Å²) >= 11 is 0. The molecule has 7 heteroatoms. The maximum atomic E-state index is 13.0. The van der Waals surface area contributed by atoms with Crippen molar-refractivity contribution in [1.29, 1.82) is 0 Å². The molecule has 0 spiro atoms. The van der Waals surface area contributed by atoms with Crippen molar-refractivity contribution in [3.05, 3.63) is 84.1 Å². The number of rotatable bonds is 5. The highest BCUT2D eigenvalue weighted by Gasteiger charge is 2.23. The number of benzene rings is 3. The Labute approximate surface area is 177 Å². The molecule has 2 N–H and O–H groups in total. The van der Waals surface area contributed by atoms with Crippen LogP contribution in [0.2, 0.25) is 0 Å². The molecule has 4 aromatic rings. The molecule has 154 valence electrons. The van der Waals surface area contributed by atoms with E-state index in [-0.39, 0.29) is 24.9 Å². The van der Waals surface area contributed by atoms with Crippen molar-refractivity contribution < 1.29 is 23.5 Å². The van der Waals surface area contributed by atoms with Gasteiger partial charge in [0.25, 0.3) is 5.91 Å². The molecule has 0 atom stereocenters. The number of hydrogen-bond acceptors (Lipinski definition) is 5. The number of anilines is 2. The Bertz CT molecular complexity index is 1280. The van der Waals surface area contributed by atoms with Gasteiger partial charge in [-0.2, -0.15) is 0 Å². The minimum atomic E-state index is -0.481. The molecule has 3 aromatic carbocycles. The minimum Gasteiger partial charge on any atom is -0.454 e. The number of amides is 2. The number of carbonyl (C=O) groups is 2. The van der Waals surface area contributed by atoms with Crippen LogP contribution in [0.25, 0.3) is 11.0 Å². The van der Waals surface area contributed by atoms with Crippen LogP contribution in [0, 0.1) is 0 Å². The van der Waals surface area contributed by atoms with Gasteiger partial charge in [-0.15, -0.1) is 0 Å². The van der Waals surface area contributed by atoms with Gasteiger partial charge in [-0.25, -0.2) is 0 Å². The average molecular weight is 414 g/mol. The van der Waals surface area contributed by atoms with E-state index in [1.807, 2.05) is 36.4 Å². The maximum absolute atomic E-state index is 13.0. The fraction of sp³-hybridized carbons (Fsp3) is 0.0833. The average Bonchev–Trinajstić information content (AvgIpc) is 3.39. The number of fused-ring (bicyclic) bond motifs is 2. The summed E-state index contributed by atoms with van der Waals surface area (Å²) in [5.41, 5.74) is 2.25. The van der Waals surface area contributed by atoms with Crippen LogP contribution in [0.15, 0.2) is 77.2 Å². The van der Waals surface area contributed by atoms with Crippen molar-refractivity contribution in [2.75, 3.05) is 17.4 Å². The Hall–Kier alpha value is -4.26. The zero-order chi connectivity index (χ0) is 21.2. The molecule has 0 aliphatic carbocycles. The van der Waals surface area contributed by atoms with Crippen molar-refractivity contribution in [2.45, 2.75) is 6.42 Å². The summed E-state index contributed by atoms with van der Waals surface area (Å²) in [5, 5.41) is 6.30. The van der Waals surface area contributed by atoms with Crippen molar-refractivity contribution in [3.63, 3.8) is 0 Å². The van der Waals surface area contributed by atoms with Gasteiger partial charge in [0.2, 0.25) is 18.5 Å². The number of furan rings is 1. The number of para-hydroxylation sites is 1. The van der Waals surface area contributed by atoms with Crippen molar-refractivity contribution in [1.82, 2.24) is 0 Å². The fourth-order valence-corrected chi connectivity index (χ4v) is 3.46. The fourth-order valence-electron chi connectivity index (χ4n) is 3.46. The van der Waals surface area contributed by atoms with E-state index in [1.165, 1.54) is 0 Å². The van der Waals surface area contributed by atoms with Crippen LogP contribution < -0.4 is 20.1 Å². The number of nitrogens with one attached hydrogen (secondary N) is 2. The molecule has 5 rings (SSSR count). The second kappa shape index (κ2) is 7.87. The lowest BCUT2D eigenvalue weighted by Gasteiger charge is -2.08. The predicted octanol–water partition coefficient (Wildman–Crippen LogP) is 4.60. The Balaban J connectivity index is 1.42. The van der Waals surface area contributed by atoms with Crippen LogP contribution in [0.3, 0.4) is 0 Å². The molecule has 0 saturated heterocycles. The first-order chi connectivity index (χ1) is 15.2. The van der Waals surface area contributed by atoms with Crippen LogP contribution in [0.4, 0.5) is 11.4 Å². The summed E-state index contributed by atoms with van der Waals surface area (Å²) in [5.74, 6) is 0.481. The third-order valence-electron chi connectivity index (χ3n) is 4.90. The second-order valence-corrected chi connectivity index (χ2v) is 7.04. The van der Waals surface area contributed by atoms with Crippen LogP contribution in [0.5, 0.6) is 11.5 Å². The van der Waals surface area contributed by atoms with Gasteiger partial charge in [0.1, 0.15) is 11.3 Å². The molecule has 2 heterocycles. The lowest BCUT2D eigenvalue weighted by Crippen LogP contribution is -2.18. The van der Waals surface area contributed by atoms with Crippen molar-refractivity contribution in [3.8, 4) is 11.5 Å². The molecule has 1 aliphatic heterocycles. The number of carbonyl (C=O) groups excluding carboxylic acids is 2. The number of hydrogen-bond donors (Lipinski definition) is 2. The van der Waals surface area contributed by atoms with Crippen LogP contribution >= 0.6 is 0 Å². The van der Waals surface area contributed by atoms with E-state index in [4.69, 9.17) is 13.9 Å². The standard InChI is InChI=1S/C24H18N2O5/c27-21(12-15-6-2-1-3-7-15)26-22-17-8-4-5-9-18(17)31-23(22)24(28)25-16-10-11-19-20(13-16)30-14-29-19/h1-11,13H,12,14H2,(H,25,28)(H,26,27). The van der Waals surface area contributed by atoms with E-state index < -0.39 is 5.91 Å². The summed E-state index contributed by atoms with van der Waals surface area (Å²) in [6, 6.07) is 21.7. The quantitative estimate of drug-likeness (QED) is 0.498. The van der Waals surface area contributed by atoms with E-state index in [1.54, 1.807) is 36.4 Å². The Morgan fingerprint density at radius 1 is 0.839 bits per heavy atom. The Morgan fingerprint density at radius 2 is 1.61 bits per heavy atom. The van der Waals surface area contributed by atoms with Crippen LogP contribution in [0.1, 0.15) is 16.1 Å². The van der Waals surface area contributed by atoms with E-state index in [0.717, 1.165) is 5.56 Å². The van der Waals surface area contributed by atoms with Gasteiger partial charge in [0.15, 0.2) is 11.5 Å². The molecule has 2 amide bonds. The summed E-state index contributed by atoms with van der Waals surface area (Å²) in [7, 11) is 0. The highest BCUT2D eigenvalue weighted by molar-refractivity contribution is 6.14. The third kappa shape index (κ3) is 3.81. The molecule has 0 fully saturated rings. The molecular formula is C24H18N2O5. The third-order valence-corrected chi connectivity index (χ3v) is 4.90. The molecule has 31 heavy (non-hydrogen) atoms. The highest BCUT2D eigenvalue weighted by Crippen LogP contribution is 2.35. The zero-order valence-corrected chi connectivity index (χ0v) is 16.4. The lowest BCUT2D eigenvalue weighted by atomic mass is 10.1. The van der Waals surface area contributed by atoms with Gasteiger partial charge in [-0.3, -0.25) is 9.59 Å². The first-order valence-electron chi connectivity index (χ1n) is 9.74. The second-order valence-electron chi connectivity index (χ2n) is 7.04. The van der Waals surface area contributed by atoms with E-state index in [9.17, 15) is 9.59 Å². The van der Waals surface area contributed by atoms with Crippen molar-refractivity contribution in [2.24, 2.45) is 0 Å². The summed E-state index contributed by atoms with van der Waals surface area (Å²) < 4.78 is 16.4. The molecule has 7 nitrogen and oxygen atoms in total. The van der Waals surface area contributed by atoms with Gasteiger partial charge >= 0.3 is 0 Å². The van der Waals surface area contributed by atoms with Crippen LogP contribution in [-0.2, 0) is 11.2 Å². The van der Waals surface area contributed by atoms with Gasteiger partial charge in [0.05, 0.1) is 6.42 Å². The topological polar surface area (TPSA) is 89.8 Å². The zero-order valence-electron chi connectivity index (χ0n) is 16.4. The van der Waals surface area contributed by atoms with Gasteiger partial charge < -0.3 is 24.5 Å². The maximum Gasteiger partial charge on any atom is 0.293 e. The minimum absolute atomic E-state index is 0.0280. The SMILES string of the molecule is O=C(Cc1ccccc1)Nc1c(C(=O)Nc2ccc3c(c2)OCO3)oc2ccccc12. The summed E-state index contributed by atoms with van der Waals surface area (Å²) in [4.78, 5) is 25.7. The Morgan fingerprint density at radius 3 is 2.48 bits per heavy atom. The first-order valence-corrected chi connectivity index (χ1v) is 9.74. The molecule has 0 radical (unpaired) electrons. The van der Waals surface area contributed by atoms with Gasteiger partial charge in [0, 0.05) is 17.1 Å². The monoisotopic (exact) mass is 414 g/mol. The highest BCUT2D eigenvalue weighted by atomic mass is 16.7.